The number of thiazole rings is 1. The molecule has 0 radical (unpaired) electrons. The zero-order chi connectivity index (χ0) is 39.0. The van der Waals surface area contributed by atoms with Crippen LogP contribution in [0.4, 0.5) is 10.1 Å². The lowest BCUT2D eigenvalue weighted by molar-refractivity contribution is -0.149. The van der Waals surface area contributed by atoms with Crippen LogP contribution in [0, 0.1) is 17.2 Å². The van der Waals surface area contributed by atoms with Crippen molar-refractivity contribution in [3.63, 3.8) is 0 Å². The van der Waals surface area contributed by atoms with Gasteiger partial charge in [-0.25, -0.2) is 9.37 Å². The molecule has 3 unspecified atom stereocenters. The number of nitrogens with two attached hydrogens (primary N) is 1. The molecule has 13 heteroatoms. The van der Waals surface area contributed by atoms with Crippen LogP contribution in [0.1, 0.15) is 129 Å². The summed E-state index contributed by atoms with van der Waals surface area (Å²) in [7, 11) is 0. The number of rotatable bonds is 24. The van der Waals surface area contributed by atoms with E-state index in [-0.39, 0.29) is 42.9 Å². The molecule has 0 saturated carbocycles. The van der Waals surface area contributed by atoms with Gasteiger partial charge in [-0.05, 0) is 63.1 Å². The number of carboxylic acid groups (broad SMARTS) is 1. The molecule has 2 aromatic rings. The van der Waals surface area contributed by atoms with Crippen molar-refractivity contribution < 1.29 is 33.4 Å². The number of carboxylic acids is 1. The number of unbranched alkanes of at least 4 members (excludes halogenated alkanes) is 4. The number of halogens is 1. The van der Waals surface area contributed by atoms with Crippen molar-refractivity contribution in [1.82, 2.24) is 15.2 Å². The molecule has 1 heterocycles. The summed E-state index contributed by atoms with van der Waals surface area (Å²) in [5, 5.41) is 18.0. The maximum atomic E-state index is 14.9. The fourth-order valence-electron chi connectivity index (χ4n) is 6.08. The topological polar surface area (TPSA) is 164 Å². The largest absolute Gasteiger partial charge is 0.481 e. The van der Waals surface area contributed by atoms with Gasteiger partial charge in [0.2, 0.25) is 11.8 Å². The van der Waals surface area contributed by atoms with Gasteiger partial charge in [-0.2, -0.15) is 0 Å². The number of nitrogens with zero attached hydrogens (tertiary/aromatic N) is 2. The van der Waals surface area contributed by atoms with E-state index in [1.54, 1.807) is 25.3 Å². The lowest BCUT2D eigenvalue weighted by atomic mass is 9.83. The van der Waals surface area contributed by atoms with Gasteiger partial charge in [-0.15, -0.1) is 11.3 Å². The van der Waals surface area contributed by atoms with E-state index in [2.05, 4.69) is 44.9 Å². The number of benzene rings is 1. The normalized spacial score (nSPS) is 13.3. The predicted molar refractivity (Wildman–Crippen MR) is 205 cm³/mol. The summed E-state index contributed by atoms with van der Waals surface area (Å²) >= 11 is 1.32. The van der Waals surface area contributed by atoms with Crippen LogP contribution in [0.5, 0.6) is 0 Å². The van der Waals surface area contributed by atoms with Crippen molar-refractivity contribution in [3.05, 3.63) is 52.2 Å². The second-order valence-corrected chi connectivity index (χ2v) is 15.3. The molecule has 52 heavy (non-hydrogen) atoms. The molecule has 0 aliphatic carbocycles. The fraction of sp³-hybridized carbons (Fsp3) is 0.615. The summed E-state index contributed by atoms with van der Waals surface area (Å²) in [6.45, 7) is 17.5. The van der Waals surface area contributed by atoms with E-state index in [0.29, 0.717) is 41.3 Å². The molecule has 0 aliphatic rings. The smallest absolute Gasteiger partial charge is 0.309 e. The first-order valence-corrected chi connectivity index (χ1v) is 19.3. The summed E-state index contributed by atoms with van der Waals surface area (Å²) in [5.74, 6) is -2.39. The highest BCUT2D eigenvalue weighted by atomic mass is 32.1. The van der Waals surface area contributed by atoms with Crippen LogP contribution in [-0.2, 0) is 30.3 Å². The second-order valence-electron chi connectivity index (χ2n) is 14.5. The molecule has 1 aromatic carbocycles. The highest BCUT2D eigenvalue weighted by molar-refractivity contribution is 7.09. The summed E-state index contributed by atoms with van der Waals surface area (Å²) in [6, 6.07) is 3.74. The Kier molecular flexibility index (Phi) is 18.4. The number of aliphatic carboxylic acids is 1. The third-order valence-electron chi connectivity index (χ3n) is 9.05. The van der Waals surface area contributed by atoms with Gasteiger partial charge < -0.3 is 31.1 Å². The van der Waals surface area contributed by atoms with Gasteiger partial charge in [0.05, 0.1) is 29.0 Å². The minimum absolute atomic E-state index is 0.000895. The van der Waals surface area contributed by atoms with Crippen LogP contribution in [0.2, 0.25) is 0 Å². The molecule has 2 rings (SSSR count). The molecular weight excluding hydrogens is 686 g/mol. The summed E-state index contributed by atoms with van der Waals surface area (Å²) in [4.78, 5) is 56.5. The van der Waals surface area contributed by atoms with Crippen molar-refractivity contribution in [2.24, 2.45) is 17.1 Å². The van der Waals surface area contributed by atoms with Crippen molar-refractivity contribution in [2.75, 3.05) is 18.4 Å². The Bertz CT molecular complexity index is 1500. The quantitative estimate of drug-likeness (QED) is 0.0631. The molecule has 5 N–H and O–H groups in total. The van der Waals surface area contributed by atoms with E-state index < -0.39 is 41.2 Å². The van der Waals surface area contributed by atoms with Crippen LogP contribution in [0.25, 0.3) is 5.70 Å². The van der Waals surface area contributed by atoms with Gasteiger partial charge in [0, 0.05) is 43.8 Å². The molecule has 0 bridgehead atoms. The Morgan fingerprint density at radius 2 is 1.81 bits per heavy atom. The first kappa shape index (κ1) is 44.3. The summed E-state index contributed by atoms with van der Waals surface area (Å²) in [5.41, 5.74) is 5.72. The predicted octanol–water partition coefficient (Wildman–Crippen LogP) is 7.47. The van der Waals surface area contributed by atoms with Gasteiger partial charge in [-0.1, -0.05) is 66.0 Å². The fourth-order valence-corrected chi connectivity index (χ4v) is 6.95. The molecular formula is C39H60FN5O6S. The van der Waals surface area contributed by atoms with Crippen molar-refractivity contribution in [2.45, 2.75) is 131 Å². The number of carbonyl (C=O) groups excluding carboxylic acids is 3. The molecule has 3 atom stereocenters. The molecule has 2 amide bonds. The molecule has 11 nitrogen and oxygen atoms in total. The number of carbonyl (C=O) groups is 4. The van der Waals surface area contributed by atoms with E-state index in [4.69, 9.17) is 15.5 Å². The van der Waals surface area contributed by atoms with Crippen LogP contribution in [0.15, 0.2) is 30.2 Å². The van der Waals surface area contributed by atoms with Crippen LogP contribution in [-0.4, -0.2) is 63.9 Å². The van der Waals surface area contributed by atoms with Crippen molar-refractivity contribution in [1.29, 1.82) is 0 Å². The zero-order valence-electron chi connectivity index (χ0n) is 32.1. The van der Waals surface area contributed by atoms with E-state index in [1.807, 2.05) is 4.90 Å². The number of aromatic nitrogens is 1. The van der Waals surface area contributed by atoms with Gasteiger partial charge in [0.1, 0.15) is 10.8 Å². The zero-order valence-corrected chi connectivity index (χ0v) is 32.9. The van der Waals surface area contributed by atoms with Gasteiger partial charge >= 0.3 is 11.9 Å². The van der Waals surface area contributed by atoms with Crippen LogP contribution in [0.3, 0.4) is 0 Å². The molecule has 0 fully saturated rings. The molecule has 0 aliphatic heterocycles. The number of hydrogen-bond acceptors (Lipinski definition) is 9. The third kappa shape index (κ3) is 14.3. The first-order chi connectivity index (χ1) is 24.5. The maximum absolute atomic E-state index is 14.9. The number of amides is 2. The molecule has 0 saturated heterocycles. The average Bonchev–Trinajstić information content (AvgIpc) is 3.57. The average molecular weight is 746 g/mol. The highest BCUT2D eigenvalue weighted by Gasteiger charge is 2.33. The Morgan fingerprint density at radius 3 is 2.38 bits per heavy atom. The second kappa shape index (κ2) is 21.6. The first-order valence-electron chi connectivity index (χ1n) is 18.4. The Balaban J connectivity index is 2.37. The number of ether oxygens (including phenoxy) is 1. The lowest BCUT2D eigenvalue weighted by Gasteiger charge is -2.36. The molecule has 290 valence electrons. The van der Waals surface area contributed by atoms with E-state index >= 15 is 0 Å². The Morgan fingerprint density at radius 1 is 1.12 bits per heavy atom. The SMILES string of the molecule is C=C(NC(Cc1ccc(NC(=O)CN)c(F)c1)CC(C)(C)C(=O)O)c1csc(C(CC(C(C)C)N(CCCCCC)C(=O)CCCC)OC(C)=O)n1. The molecule has 0 spiro atoms. The van der Waals surface area contributed by atoms with E-state index in [1.165, 1.54) is 30.4 Å². The van der Waals surface area contributed by atoms with Crippen LogP contribution >= 0.6 is 11.3 Å². The lowest BCUT2D eigenvalue weighted by Crippen LogP contribution is -2.45. The minimum atomic E-state index is -1.12. The Labute approximate surface area is 313 Å². The number of esters is 1. The maximum Gasteiger partial charge on any atom is 0.309 e. The van der Waals surface area contributed by atoms with Crippen molar-refractivity contribution in [3.8, 4) is 0 Å². The standard InChI is InChI=1S/C39H60FN5O6S/c1-9-11-13-14-18-45(36(48)15-12-10-2)33(25(3)4)21-34(51-27(6)46)37-44-32(24-52-37)26(5)42-29(22-39(7,8)38(49)50)19-28-16-17-31(30(40)20-28)43-35(47)23-41/h16-17,20,24-25,29,33-34,42H,5,9-15,18-19,21-23,41H2,1-4,6-8H3,(H,43,47)(H,49,50). The van der Waals surface area contributed by atoms with E-state index in [9.17, 15) is 28.7 Å². The number of hydrogen-bond donors (Lipinski definition) is 4. The van der Waals surface area contributed by atoms with Crippen LogP contribution < -0.4 is 16.4 Å². The highest BCUT2D eigenvalue weighted by Crippen LogP contribution is 2.33. The molecule has 1 aromatic heterocycles. The Hall–Kier alpha value is -3.84. The summed E-state index contributed by atoms with van der Waals surface area (Å²) in [6.07, 6.45) is 6.46. The van der Waals surface area contributed by atoms with Gasteiger partial charge in [0.25, 0.3) is 0 Å². The van der Waals surface area contributed by atoms with Gasteiger partial charge in [-0.3, -0.25) is 19.2 Å². The number of nitrogens with one attached hydrogen (secondary N) is 2. The van der Waals surface area contributed by atoms with Gasteiger partial charge in [0.15, 0.2) is 6.10 Å². The van der Waals surface area contributed by atoms with E-state index in [0.717, 1.165) is 38.5 Å². The number of anilines is 1. The summed E-state index contributed by atoms with van der Waals surface area (Å²) < 4.78 is 20.7. The van der Waals surface area contributed by atoms with Crippen molar-refractivity contribution >= 4 is 46.5 Å². The third-order valence-corrected chi connectivity index (χ3v) is 9.98. The minimum Gasteiger partial charge on any atom is -0.481 e. The monoisotopic (exact) mass is 745 g/mol.